The molecule has 1 aromatic rings. The van der Waals surface area contributed by atoms with Crippen molar-refractivity contribution in [2.75, 3.05) is 32.7 Å². The third kappa shape index (κ3) is 2.59. The lowest BCUT2D eigenvalue weighted by atomic mass is 10.1. The second kappa shape index (κ2) is 5.96. The minimum absolute atomic E-state index is 0.132. The monoisotopic (exact) mass is 289 g/mol. The van der Waals surface area contributed by atoms with E-state index in [0.717, 1.165) is 30.1 Å². The van der Waals surface area contributed by atoms with Crippen LogP contribution in [0.2, 0.25) is 0 Å². The number of hydrogen-bond acceptors (Lipinski definition) is 4. The minimum atomic E-state index is 0.132. The van der Waals surface area contributed by atoms with Crippen LogP contribution in [0, 0.1) is 11.8 Å². The number of hydrogen-bond donors (Lipinski definition) is 1. The lowest BCUT2D eigenvalue weighted by Crippen LogP contribution is -2.52. The van der Waals surface area contributed by atoms with Crippen LogP contribution in [0.25, 0.3) is 0 Å². The first-order chi connectivity index (χ1) is 9.79. The zero-order valence-corrected chi connectivity index (χ0v) is 12.3. The molecule has 1 atom stereocenters. The van der Waals surface area contributed by atoms with E-state index in [0.29, 0.717) is 12.6 Å². The highest BCUT2D eigenvalue weighted by atomic mass is 32.1. The quantitative estimate of drug-likeness (QED) is 0.784. The second-order valence-corrected chi connectivity index (χ2v) is 6.17. The molecular formula is C15H19N3OS. The van der Waals surface area contributed by atoms with Crippen molar-refractivity contribution in [3.05, 3.63) is 21.9 Å². The van der Waals surface area contributed by atoms with Crippen LogP contribution in [-0.4, -0.2) is 54.5 Å². The molecule has 1 unspecified atom stereocenters. The van der Waals surface area contributed by atoms with E-state index in [9.17, 15) is 4.79 Å². The average molecular weight is 289 g/mol. The Hall–Kier alpha value is -1.35. The average Bonchev–Trinajstić information content (AvgIpc) is 3.12. The van der Waals surface area contributed by atoms with Crippen LogP contribution in [0.15, 0.2) is 11.4 Å². The molecule has 2 saturated heterocycles. The van der Waals surface area contributed by atoms with E-state index in [1.807, 2.05) is 16.3 Å². The summed E-state index contributed by atoms with van der Waals surface area (Å²) in [7, 11) is 0. The van der Waals surface area contributed by atoms with E-state index < -0.39 is 0 Å². The first-order valence-corrected chi connectivity index (χ1v) is 7.97. The second-order valence-electron chi connectivity index (χ2n) is 5.25. The van der Waals surface area contributed by atoms with Gasteiger partial charge in [-0.15, -0.1) is 11.3 Å². The van der Waals surface area contributed by atoms with E-state index in [-0.39, 0.29) is 5.91 Å². The molecule has 106 valence electrons. The molecule has 0 radical (unpaired) electrons. The largest absolute Gasteiger partial charge is 0.335 e. The maximum atomic E-state index is 12.7. The molecule has 4 nitrogen and oxygen atoms in total. The number of fused-ring (bicyclic) bond motifs is 1. The molecule has 20 heavy (non-hydrogen) atoms. The van der Waals surface area contributed by atoms with Crippen molar-refractivity contribution in [2.24, 2.45) is 5.73 Å². The Labute approximate surface area is 123 Å². The first kappa shape index (κ1) is 13.6. The maximum Gasteiger partial charge on any atom is 0.265 e. The minimum Gasteiger partial charge on any atom is -0.335 e. The lowest BCUT2D eigenvalue weighted by molar-refractivity contribution is 0.0576. The van der Waals surface area contributed by atoms with Gasteiger partial charge >= 0.3 is 0 Å². The summed E-state index contributed by atoms with van der Waals surface area (Å²) < 4.78 is 0. The fourth-order valence-electron chi connectivity index (χ4n) is 3.04. The van der Waals surface area contributed by atoms with Crippen molar-refractivity contribution in [1.82, 2.24) is 9.80 Å². The molecule has 0 spiro atoms. The lowest BCUT2D eigenvalue weighted by Gasteiger charge is -2.37. The summed E-state index contributed by atoms with van der Waals surface area (Å²) in [6.07, 6.45) is 2.48. The normalized spacial score (nSPS) is 22.2. The number of rotatable bonds is 1. The molecule has 1 aromatic heterocycles. The molecular weight excluding hydrogens is 270 g/mol. The van der Waals surface area contributed by atoms with Crippen molar-refractivity contribution < 1.29 is 4.79 Å². The van der Waals surface area contributed by atoms with Gasteiger partial charge in [0, 0.05) is 31.2 Å². The molecule has 1 amide bonds. The Bertz CT molecular complexity index is 557. The highest BCUT2D eigenvalue weighted by Crippen LogP contribution is 2.24. The van der Waals surface area contributed by atoms with Gasteiger partial charge in [-0.2, -0.15) is 0 Å². The summed E-state index contributed by atoms with van der Waals surface area (Å²) in [6, 6.07) is 2.47. The number of carbonyl (C=O) groups excluding carboxylic acids is 1. The fourth-order valence-corrected chi connectivity index (χ4v) is 3.85. The van der Waals surface area contributed by atoms with Gasteiger partial charge in [0.1, 0.15) is 4.88 Å². The van der Waals surface area contributed by atoms with Crippen molar-refractivity contribution in [2.45, 2.75) is 18.9 Å². The Morgan fingerprint density at radius 3 is 3.20 bits per heavy atom. The molecule has 2 N–H and O–H groups in total. The van der Waals surface area contributed by atoms with Gasteiger partial charge in [-0.3, -0.25) is 9.69 Å². The third-order valence-electron chi connectivity index (χ3n) is 4.06. The predicted molar refractivity (Wildman–Crippen MR) is 80.7 cm³/mol. The Balaban J connectivity index is 1.74. The number of piperazine rings is 1. The SMILES string of the molecule is NCC#Cc1ccsc1C(=O)N1CCN2CCCC2C1. The molecule has 5 heteroatoms. The van der Waals surface area contributed by atoms with E-state index in [4.69, 9.17) is 5.73 Å². The van der Waals surface area contributed by atoms with Crippen LogP contribution >= 0.6 is 11.3 Å². The van der Waals surface area contributed by atoms with Gasteiger partial charge in [0.15, 0.2) is 0 Å². The summed E-state index contributed by atoms with van der Waals surface area (Å²) >= 11 is 1.48. The summed E-state index contributed by atoms with van der Waals surface area (Å²) in [5.41, 5.74) is 6.22. The molecule has 2 aliphatic heterocycles. The van der Waals surface area contributed by atoms with Gasteiger partial charge in [0.25, 0.3) is 5.91 Å². The van der Waals surface area contributed by atoms with Gasteiger partial charge < -0.3 is 10.6 Å². The fraction of sp³-hybridized carbons (Fsp3) is 0.533. The Morgan fingerprint density at radius 1 is 1.45 bits per heavy atom. The van der Waals surface area contributed by atoms with Crippen LogP contribution in [0.3, 0.4) is 0 Å². The molecule has 0 aliphatic carbocycles. The van der Waals surface area contributed by atoms with E-state index >= 15 is 0 Å². The predicted octanol–water partition coefficient (Wildman–Crippen LogP) is 0.978. The Kier molecular flexibility index (Phi) is 4.06. The molecule has 2 aliphatic rings. The van der Waals surface area contributed by atoms with Gasteiger partial charge in [-0.05, 0) is 30.8 Å². The molecule has 0 bridgehead atoms. The third-order valence-corrected chi connectivity index (χ3v) is 4.96. The van der Waals surface area contributed by atoms with E-state index in [1.165, 1.54) is 30.7 Å². The van der Waals surface area contributed by atoms with Crippen molar-refractivity contribution in [1.29, 1.82) is 0 Å². The zero-order valence-electron chi connectivity index (χ0n) is 11.5. The number of thiophene rings is 1. The smallest absolute Gasteiger partial charge is 0.265 e. The van der Waals surface area contributed by atoms with Crippen LogP contribution in [0.5, 0.6) is 0 Å². The number of amides is 1. The zero-order chi connectivity index (χ0) is 13.9. The highest BCUT2D eigenvalue weighted by molar-refractivity contribution is 7.12. The van der Waals surface area contributed by atoms with Crippen LogP contribution in [-0.2, 0) is 0 Å². The van der Waals surface area contributed by atoms with Crippen molar-refractivity contribution in [3.8, 4) is 11.8 Å². The molecule has 3 heterocycles. The van der Waals surface area contributed by atoms with Crippen molar-refractivity contribution in [3.63, 3.8) is 0 Å². The van der Waals surface area contributed by atoms with Crippen LogP contribution in [0.4, 0.5) is 0 Å². The van der Waals surface area contributed by atoms with Gasteiger partial charge in [-0.25, -0.2) is 0 Å². The number of carbonyl (C=O) groups is 1. The molecule has 3 rings (SSSR count). The standard InChI is InChI=1S/C15H19N3OS/c16-6-1-3-12-5-10-20-14(12)15(19)18-9-8-17-7-2-4-13(17)11-18/h5,10,13H,2,4,6-9,11,16H2. The highest BCUT2D eigenvalue weighted by Gasteiger charge is 2.33. The van der Waals surface area contributed by atoms with Crippen LogP contribution < -0.4 is 5.73 Å². The van der Waals surface area contributed by atoms with E-state index in [1.54, 1.807) is 0 Å². The molecule has 2 fully saturated rings. The van der Waals surface area contributed by atoms with Gasteiger partial charge in [0.2, 0.25) is 0 Å². The summed E-state index contributed by atoms with van der Waals surface area (Å²) in [4.78, 5) is 17.9. The number of nitrogens with zero attached hydrogens (tertiary/aromatic N) is 2. The maximum absolute atomic E-state index is 12.7. The summed E-state index contributed by atoms with van der Waals surface area (Å²) in [5, 5.41) is 1.93. The topological polar surface area (TPSA) is 49.6 Å². The first-order valence-electron chi connectivity index (χ1n) is 7.09. The van der Waals surface area contributed by atoms with E-state index in [2.05, 4.69) is 16.7 Å². The molecule has 0 saturated carbocycles. The van der Waals surface area contributed by atoms with Crippen LogP contribution in [0.1, 0.15) is 28.1 Å². The van der Waals surface area contributed by atoms with Gasteiger partial charge in [-0.1, -0.05) is 11.8 Å². The van der Waals surface area contributed by atoms with Gasteiger partial charge in [0.05, 0.1) is 6.54 Å². The number of nitrogens with two attached hydrogens (primary N) is 1. The Morgan fingerprint density at radius 2 is 2.35 bits per heavy atom. The molecule has 0 aromatic carbocycles. The van der Waals surface area contributed by atoms with Crippen molar-refractivity contribution >= 4 is 17.2 Å². The summed E-state index contributed by atoms with van der Waals surface area (Å²) in [6.45, 7) is 4.21. The summed E-state index contributed by atoms with van der Waals surface area (Å²) in [5.74, 6) is 5.96.